The molecule has 2 heterocycles. The van der Waals surface area contributed by atoms with Crippen LogP contribution in [0.4, 0.5) is 0 Å². The van der Waals surface area contributed by atoms with Crippen molar-refractivity contribution < 1.29 is 9.59 Å². The van der Waals surface area contributed by atoms with E-state index in [1.54, 1.807) is 17.4 Å². The Balaban J connectivity index is 1.27. The molecule has 5 nitrogen and oxygen atoms in total. The average molecular weight is 424 g/mol. The lowest BCUT2D eigenvalue weighted by molar-refractivity contribution is -0.128. The van der Waals surface area contributed by atoms with Crippen LogP contribution >= 0.6 is 11.3 Å². The summed E-state index contributed by atoms with van der Waals surface area (Å²) < 4.78 is 0. The van der Waals surface area contributed by atoms with Gasteiger partial charge >= 0.3 is 0 Å². The first-order valence-corrected chi connectivity index (χ1v) is 11.8. The van der Waals surface area contributed by atoms with Gasteiger partial charge in [-0.15, -0.1) is 11.3 Å². The molecule has 0 bridgehead atoms. The normalized spacial score (nSPS) is 19.6. The predicted molar refractivity (Wildman–Crippen MR) is 120 cm³/mol. The summed E-state index contributed by atoms with van der Waals surface area (Å²) in [6, 6.07) is 9.90. The first-order chi connectivity index (χ1) is 14.7. The van der Waals surface area contributed by atoms with Gasteiger partial charge in [0, 0.05) is 49.3 Å². The third kappa shape index (κ3) is 5.36. The maximum atomic E-state index is 12.6. The second-order valence-corrected chi connectivity index (χ2v) is 9.10. The third-order valence-corrected chi connectivity index (χ3v) is 7.08. The van der Waals surface area contributed by atoms with Crippen molar-refractivity contribution in [2.75, 3.05) is 19.6 Å². The molecule has 2 amide bonds. The summed E-state index contributed by atoms with van der Waals surface area (Å²) in [5.41, 5.74) is 2.07. The molecule has 1 aliphatic carbocycles. The van der Waals surface area contributed by atoms with Crippen LogP contribution in [0.1, 0.15) is 54.3 Å². The number of rotatable bonds is 7. The van der Waals surface area contributed by atoms with Crippen LogP contribution in [-0.2, 0) is 16.0 Å². The summed E-state index contributed by atoms with van der Waals surface area (Å²) in [5.74, 6) is 0.801. The van der Waals surface area contributed by atoms with E-state index in [1.807, 2.05) is 41.3 Å². The average Bonchev–Trinajstić information content (AvgIpc) is 3.20. The highest BCUT2D eigenvalue weighted by molar-refractivity contribution is 7.09. The molecule has 1 N–H and O–H groups in total. The number of thiazole rings is 1. The molecular formula is C24H29N3O2S. The molecule has 1 aromatic heterocycles. The zero-order valence-electron chi connectivity index (χ0n) is 17.3. The number of aromatic nitrogens is 1. The molecule has 1 aliphatic heterocycles. The van der Waals surface area contributed by atoms with Crippen LogP contribution in [-0.4, -0.2) is 41.3 Å². The van der Waals surface area contributed by atoms with Crippen molar-refractivity contribution in [2.24, 2.45) is 5.92 Å². The van der Waals surface area contributed by atoms with Crippen LogP contribution in [0.2, 0.25) is 0 Å². The lowest BCUT2D eigenvalue weighted by Crippen LogP contribution is -2.38. The lowest BCUT2D eigenvalue weighted by Gasteiger charge is -2.31. The third-order valence-electron chi connectivity index (χ3n) is 6.03. The maximum absolute atomic E-state index is 12.6. The maximum Gasteiger partial charge on any atom is 0.246 e. The summed E-state index contributed by atoms with van der Waals surface area (Å²) in [4.78, 5) is 31.3. The molecule has 2 aromatic rings. The number of hydrogen-bond acceptors (Lipinski definition) is 4. The number of carbonyl (C=O) groups is 2. The van der Waals surface area contributed by atoms with E-state index in [-0.39, 0.29) is 17.7 Å². The van der Waals surface area contributed by atoms with Crippen molar-refractivity contribution in [1.29, 1.82) is 0 Å². The van der Waals surface area contributed by atoms with E-state index >= 15 is 0 Å². The summed E-state index contributed by atoms with van der Waals surface area (Å²) in [5, 5.41) is 6.25. The molecule has 30 heavy (non-hydrogen) atoms. The number of piperidine rings is 1. The number of amides is 2. The van der Waals surface area contributed by atoms with E-state index in [0.29, 0.717) is 12.5 Å². The van der Waals surface area contributed by atoms with Crippen LogP contribution in [0.3, 0.4) is 0 Å². The van der Waals surface area contributed by atoms with Gasteiger partial charge in [0.15, 0.2) is 0 Å². The molecule has 6 heteroatoms. The van der Waals surface area contributed by atoms with E-state index in [4.69, 9.17) is 4.98 Å². The Morgan fingerprint density at radius 2 is 2.00 bits per heavy atom. The van der Waals surface area contributed by atoms with Crippen LogP contribution in [0.5, 0.6) is 0 Å². The molecule has 4 rings (SSSR count). The molecule has 0 spiro atoms. The minimum atomic E-state index is 0.0686. The Morgan fingerprint density at radius 1 is 1.17 bits per heavy atom. The van der Waals surface area contributed by atoms with Crippen LogP contribution < -0.4 is 5.32 Å². The van der Waals surface area contributed by atoms with E-state index in [1.165, 1.54) is 6.42 Å². The van der Waals surface area contributed by atoms with Gasteiger partial charge in [0.2, 0.25) is 11.8 Å². The summed E-state index contributed by atoms with van der Waals surface area (Å²) >= 11 is 1.68. The summed E-state index contributed by atoms with van der Waals surface area (Å²) in [7, 11) is 0. The van der Waals surface area contributed by atoms with Crippen LogP contribution in [0.25, 0.3) is 6.08 Å². The second-order valence-electron chi connectivity index (χ2n) is 8.21. The Labute approximate surface area is 182 Å². The van der Waals surface area contributed by atoms with Gasteiger partial charge in [-0.3, -0.25) is 9.59 Å². The molecule has 0 radical (unpaired) electrons. The number of nitrogens with zero attached hydrogens (tertiary/aromatic N) is 2. The van der Waals surface area contributed by atoms with Crippen LogP contribution in [0.15, 0.2) is 41.8 Å². The zero-order valence-corrected chi connectivity index (χ0v) is 18.1. The highest BCUT2D eigenvalue weighted by Gasteiger charge is 2.26. The Kier molecular flexibility index (Phi) is 6.95. The molecule has 1 saturated heterocycles. The largest absolute Gasteiger partial charge is 0.355 e. The number of hydrogen-bond donors (Lipinski definition) is 1. The Morgan fingerprint density at radius 3 is 2.77 bits per heavy atom. The van der Waals surface area contributed by atoms with Gasteiger partial charge in [-0.2, -0.15) is 0 Å². The van der Waals surface area contributed by atoms with Crippen molar-refractivity contribution in [2.45, 2.75) is 44.4 Å². The number of carbonyl (C=O) groups excluding carboxylic acids is 2. The summed E-state index contributed by atoms with van der Waals surface area (Å²) in [6.45, 7) is 2.18. The second kappa shape index (κ2) is 10.0. The smallest absolute Gasteiger partial charge is 0.246 e. The molecule has 1 aromatic carbocycles. The van der Waals surface area contributed by atoms with Gasteiger partial charge in [-0.05, 0) is 37.3 Å². The van der Waals surface area contributed by atoms with Crippen molar-refractivity contribution in [3.05, 3.63) is 58.1 Å². The predicted octanol–water partition coefficient (Wildman–Crippen LogP) is 4.02. The highest BCUT2D eigenvalue weighted by Crippen LogP contribution is 2.30. The summed E-state index contributed by atoms with van der Waals surface area (Å²) in [6.07, 6.45) is 9.63. The Hall–Kier alpha value is -2.47. The van der Waals surface area contributed by atoms with E-state index in [0.717, 1.165) is 61.5 Å². The monoisotopic (exact) mass is 423 g/mol. The molecule has 1 unspecified atom stereocenters. The first-order valence-electron chi connectivity index (χ1n) is 10.9. The standard InChI is InChI=1S/C24H29N3O2S/c28-22(12-11-18-6-2-1-3-7-18)27-15-5-10-20(16-27)24-26-21(17-30-24)13-14-25-23(29)19-8-4-9-19/h1-3,6-7,11-12,17,19-20H,4-5,8-10,13-16H2,(H,25,29)/b12-11+. The van der Waals surface area contributed by atoms with Gasteiger partial charge in [-0.1, -0.05) is 36.8 Å². The number of likely N-dealkylation sites (tertiary alicyclic amines) is 1. The molecular weight excluding hydrogens is 394 g/mol. The lowest BCUT2D eigenvalue weighted by atomic mass is 9.85. The molecule has 1 atom stereocenters. The van der Waals surface area contributed by atoms with Gasteiger partial charge in [-0.25, -0.2) is 4.98 Å². The minimum absolute atomic E-state index is 0.0686. The molecule has 2 fully saturated rings. The number of benzene rings is 1. The molecule has 1 saturated carbocycles. The van der Waals surface area contributed by atoms with Crippen molar-refractivity contribution >= 4 is 29.2 Å². The van der Waals surface area contributed by atoms with Gasteiger partial charge in [0.25, 0.3) is 0 Å². The van der Waals surface area contributed by atoms with Crippen molar-refractivity contribution in [3.63, 3.8) is 0 Å². The number of nitrogens with one attached hydrogen (secondary N) is 1. The topological polar surface area (TPSA) is 62.3 Å². The van der Waals surface area contributed by atoms with E-state index < -0.39 is 0 Å². The quantitative estimate of drug-likeness (QED) is 0.684. The highest BCUT2D eigenvalue weighted by atomic mass is 32.1. The fourth-order valence-electron chi connectivity index (χ4n) is 3.97. The SMILES string of the molecule is O=C(NCCc1csc(C2CCCN(C(=O)/C=C/c3ccccc3)C2)n1)C1CCC1. The van der Waals surface area contributed by atoms with Crippen molar-refractivity contribution in [3.8, 4) is 0 Å². The Bertz CT molecular complexity index is 889. The van der Waals surface area contributed by atoms with Crippen LogP contribution in [0, 0.1) is 5.92 Å². The van der Waals surface area contributed by atoms with Gasteiger partial charge in [0.05, 0.1) is 10.7 Å². The fourth-order valence-corrected chi connectivity index (χ4v) is 4.95. The first kappa shape index (κ1) is 20.8. The zero-order chi connectivity index (χ0) is 20.8. The van der Waals surface area contributed by atoms with E-state index in [2.05, 4.69) is 10.7 Å². The van der Waals surface area contributed by atoms with Crippen molar-refractivity contribution in [1.82, 2.24) is 15.2 Å². The minimum Gasteiger partial charge on any atom is -0.355 e. The van der Waals surface area contributed by atoms with E-state index in [9.17, 15) is 9.59 Å². The molecule has 2 aliphatic rings. The van der Waals surface area contributed by atoms with Gasteiger partial charge in [0.1, 0.15) is 0 Å². The fraction of sp³-hybridized carbons (Fsp3) is 0.458. The molecule has 158 valence electrons. The van der Waals surface area contributed by atoms with Gasteiger partial charge < -0.3 is 10.2 Å².